The van der Waals surface area contributed by atoms with Crippen LogP contribution >= 0.6 is 0 Å². The van der Waals surface area contributed by atoms with Crippen LogP contribution in [0.25, 0.3) is 0 Å². The third kappa shape index (κ3) is 2.31. The largest absolute Gasteiger partial charge is 0.492 e. The minimum Gasteiger partial charge on any atom is -0.492 e. The van der Waals surface area contributed by atoms with Crippen molar-refractivity contribution in [2.24, 2.45) is 0 Å². The first kappa shape index (κ1) is 14.3. The van der Waals surface area contributed by atoms with E-state index in [2.05, 4.69) is 6.58 Å². The van der Waals surface area contributed by atoms with Crippen LogP contribution < -0.4 is 4.74 Å². The Kier molecular flexibility index (Phi) is 3.36. The Morgan fingerprint density at radius 1 is 1.22 bits per heavy atom. The summed E-state index contributed by atoms with van der Waals surface area (Å²) < 4.78 is 5.77. The summed E-state index contributed by atoms with van der Waals surface area (Å²) >= 11 is 0. The van der Waals surface area contributed by atoms with E-state index < -0.39 is 0 Å². The van der Waals surface area contributed by atoms with E-state index in [1.807, 2.05) is 28.0 Å². The second kappa shape index (κ2) is 5.41. The maximum atomic E-state index is 13.0. The molecule has 2 atom stereocenters. The summed E-state index contributed by atoms with van der Waals surface area (Å²) in [7, 11) is 0. The monoisotopic (exact) mass is 312 g/mol. The summed E-state index contributed by atoms with van der Waals surface area (Å²) in [5.74, 6) is 0.748. The maximum Gasteiger partial charge on any atom is 0.258 e. The first-order valence-electron chi connectivity index (χ1n) is 8.19. The number of nitrogens with zero attached hydrogens (tertiary/aromatic N) is 2. The van der Waals surface area contributed by atoms with Crippen LogP contribution in [0.5, 0.6) is 5.75 Å². The van der Waals surface area contributed by atoms with Gasteiger partial charge in [0, 0.05) is 13.1 Å². The molecule has 0 radical (unpaired) electrons. The first-order valence-corrected chi connectivity index (χ1v) is 8.19. The number of fused-ring (bicyclic) bond motifs is 2. The molecule has 2 amide bonds. The van der Waals surface area contributed by atoms with Crippen LogP contribution in [0.2, 0.25) is 0 Å². The highest BCUT2D eigenvalue weighted by Crippen LogP contribution is 2.39. The van der Waals surface area contributed by atoms with E-state index in [-0.39, 0.29) is 23.9 Å². The van der Waals surface area contributed by atoms with Crippen molar-refractivity contribution in [2.45, 2.75) is 31.3 Å². The highest BCUT2D eigenvalue weighted by atomic mass is 16.5. The molecule has 1 aliphatic carbocycles. The molecule has 2 aliphatic heterocycles. The van der Waals surface area contributed by atoms with E-state index in [1.54, 1.807) is 0 Å². The molecule has 0 spiro atoms. The number of aryl methyl sites for hydroxylation is 1. The molecule has 4 rings (SSSR count). The summed E-state index contributed by atoms with van der Waals surface area (Å²) in [6, 6.07) is 6.11. The van der Waals surface area contributed by atoms with Gasteiger partial charge in [0.1, 0.15) is 5.75 Å². The highest BCUT2D eigenvalue weighted by molar-refractivity contribution is 5.98. The van der Waals surface area contributed by atoms with Crippen molar-refractivity contribution in [3.8, 4) is 5.75 Å². The van der Waals surface area contributed by atoms with Gasteiger partial charge in [-0.3, -0.25) is 9.59 Å². The normalized spacial score (nSPS) is 25.0. The summed E-state index contributed by atoms with van der Waals surface area (Å²) in [4.78, 5) is 28.5. The van der Waals surface area contributed by atoms with Crippen molar-refractivity contribution in [1.29, 1.82) is 0 Å². The molecule has 2 fully saturated rings. The number of carbonyl (C=O) groups excluding carboxylic acids is 2. The van der Waals surface area contributed by atoms with Gasteiger partial charge >= 0.3 is 0 Å². The standard InChI is InChI=1S/C18H20N2O3/c1-2-16(21)19-8-9-20(15-11-14(15)19)18(22)13-7-3-5-12-6-4-10-23-17(12)13/h2-3,5,7,14-15H,1,4,6,8-11H2. The van der Waals surface area contributed by atoms with Crippen molar-refractivity contribution >= 4 is 11.8 Å². The third-order valence-corrected chi connectivity index (χ3v) is 4.99. The smallest absolute Gasteiger partial charge is 0.258 e. The lowest BCUT2D eigenvalue weighted by Gasteiger charge is -2.34. The van der Waals surface area contributed by atoms with Crippen LogP contribution in [-0.4, -0.2) is 53.4 Å². The molecule has 3 aliphatic rings. The van der Waals surface area contributed by atoms with Gasteiger partial charge in [-0.1, -0.05) is 18.7 Å². The Hall–Kier alpha value is -2.30. The average Bonchev–Trinajstić information content (AvgIpc) is 3.39. The Balaban J connectivity index is 1.56. The number of hydrogen-bond donors (Lipinski definition) is 0. The van der Waals surface area contributed by atoms with Gasteiger partial charge in [-0.2, -0.15) is 0 Å². The molecule has 5 heteroatoms. The van der Waals surface area contributed by atoms with Crippen molar-refractivity contribution in [2.75, 3.05) is 19.7 Å². The quantitative estimate of drug-likeness (QED) is 0.780. The number of piperazine rings is 1. The minimum absolute atomic E-state index is 0.0296. The van der Waals surface area contributed by atoms with Gasteiger partial charge < -0.3 is 14.5 Å². The van der Waals surface area contributed by atoms with Crippen LogP contribution in [0.4, 0.5) is 0 Å². The van der Waals surface area contributed by atoms with Crippen molar-refractivity contribution in [1.82, 2.24) is 9.80 Å². The van der Waals surface area contributed by atoms with Crippen molar-refractivity contribution < 1.29 is 14.3 Å². The fourth-order valence-electron chi connectivity index (χ4n) is 3.74. The SMILES string of the molecule is C=CC(=O)N1CCN(C(=O)c2cccc3c2OCCC3)C2CC21. The first-order chi connectivity index (χ1) is 11.2. The number of carbonyl (C=O) groups is 2. The molecule has 1 aromatic carbocycles. The number of ether oxygens (including phenoxy) is 1. The van der Waals surface area contributed by atoms with E-state index in [9.17, 15) is 9.59 Å². The molecule has 0 aromatic heterocycles. The average molecular weight is 312 g/mol. The second-order valence-electron chi connectivity index (χ2n) is 6.35. The molecule has 1 saturated carbocycles. The molecular weight excluding hydrogens is 292 g/mol. The zero-order valence-electron chi connectivity index (χ0n) is 13.0. The molecular formula is C18H20N2O3. The lowest BCUT2D eigenvalue weighted by molar-refractivity contribution is -0.127. The van der Waals surface area contributed by atoms with E-state index >= 15 is 0 Å². The zero-order valence-corrected chi connectivity index (χ0v) is 13.0. The summed E-state index contributed by atoms with van der Waals surface area (Å²) in [5.41, 5.74) is 1.78. The van der Waals surface area contributed by atoms with E-state index in [4.69, 9.17) is 4.74 Å². The molecule has 2 unspecified atom stereocenters. The second-order valence-corrected chi connectivity index (χ2v) is 6.35. The lowest BCUT2D eigenvalue weighted by Crippen LogP contribution is -2.50. The van der Waals surface area contributed by atoms with Gasteiger partial charge in [0.05, 0.1) is 24.3 Å². The number of amides is 2. The van der Waals surface area contributed by atoms with Gasteiger partial charge in [-0.05, 0) is 37.0 Å². The molecule has 5 nitrogen and oxygen atoms in total. The van der Waals surface area contributed by atoms with Gasteiger partial charge in [-0.25, -0.2) is 0 Å². The van der Waals surface area contributed by atoms with Crippen LogP contribution in [0.3, 0.4) is 0 Å². The predicted octanol–water partition coefficient (Wildman–Crippen LogP) is 1.62. The Morgan fingerprint density at radius 2 is 2.00 bits per heavy atom. The van der Waals surface area contributed by atoms with E-state index in [0.717, 1.165) is 30.6 Å². The number of hydrogen-bond acceptors (Lipinski definition) is 3. The van der Waals surface area contributed by atoms with Crippen LogP contribution in [-0.2, 0) is 11.2 Å². The zero-order chi connectivity index (χ0) is 16.0. The Bertz CT molecular complexity index is 685. The number of para-hydroxylation sites is 1. The van der Waals surface area contributed by atoms with E-state index in [1.165, 1.54) is 6.08 Å². The molecule has 120 valence electrons. The number of benzene rings is 1. The van der Waals surface area contributed by atoms with Crippen LogP contribution in [0, 0.1) is 0 Å². The fourth-order valence-corrected chi connectivity index (χ4v) is 3.74. The summed E-state index contributed by atoms with van der Waals surface area (Å²) in [5, 5.41) is 0. The molecule has 23 heavy (non-hydrogen) atoms. The molecule has 1 saturated heterocycles. The topological polar surface area (TPSA) is 49.9 Å². The Labute approximate surface area is 135 Å². The van der Waals surface area contributed by atoms with Gasteiger partial charge in [0.2, 0.25) is 5.91 Å². The Morgan fingerprint density at radius 3 is 2.83 bits per heavy atom. The van der Waals surface area contributed by atoms with Gasteiger partial charge in [-0.15, -0.1) is 0 Å². The fraction of sp³-hybridized carbons (Fsp3) is 0.444. The molecule has 0 bridgehead atoms. The summed E-state index contributed by atoms with van der Waals surface area (Å²) in [6.07, 6.45) is 4.18. The molecule has 0 N–H and O–H groups in total. The molecule has 2 heterocycles. The number of rotatable bonds is 2. The lowest BCUT2D eigenvalue weighted by atomic mass is 10.0. The van der Waals surface area contributed by atoms with Crippen molar-refractivity contribution in [3.05, 3.63) is 42.0 Å². The molecule has 1 aromatic rings. The predicted molar refractivity (Wildman–Crippen MR) is 85.4 cm³/mol. The van der Waals surface area contributed by atoms with Gasteiger partial charge in [0.25, 0.3) is 5.91 Å². The summed E-state index contributed by atoms with van der Waals surface area (Å²) in [6.45, 7) is 5.37. The highest BCUT2D eigenvalue weighted by Gasteiger charge is 2.52. The van der Waals surface area contributed by atoms with E-state index in [0.29, 0.717) is 25.3 Å². The van der Waals surface area contributed by atoms with Crippen molar-refractivity contribution in [3.63, 3.8) is 0 Å². The maximum absolute atomic E-state index is 13.0. The third-order valence-electron chi connectivity index (χ3n) is 4.99. The van der Waals surface area contributed by atoms with Gasteiger partial charge in [0.15, 0.2) is 0 Å². The van der Waals surface area contributed by atoms with Crippen LogP contribution in [0.1, 0.15) is 28.8 Å². The van der Waals surface area contributed by atoms with Crippen LogP contribution in [0.15, 0.2) is 30.9 Å². The minimum atomic E-state index is -0.0370.